The van der Waals surface area contributed by atoms with Crippen molar-refractivity contribution in [2.24, 2.45) is 0 Å². The van der Waals surface area contributed by atoms with Crippen LogP contribution >= 0.6 is 12.6 Å². The normalized spacial score (nSPS) is 10.5. The molecule has 0 saturated heterocycles. The fourth-order valence-electron chi connectivity index (χ4n) is 0.878. The topological polar surface area (TPSA) is 26.0 Å². The minimum absolute atomic E-state index is 0.785. The lowest BCUT2D eigenvalue weighted by Crippen LogP contribution is -1.64. The smallest absolute Gasteiger partial charge is 0.167 e. The molecule has 0 atom stereocenters. The molecule has 1 heterocycles. The zero-order chi connectivity index (χ0) is 6.97. The zero-order valence-corrected chi connectivity index (χ0v) is 6.01. The van der Waals surface area contributed by atoms with Gasteiger partial charge in [0.05, 0.1) is 11.6 Å². The monoisotopic (exact) mass is 151 g/mol. The summed E-state index contributed by atoms with van der Waals surface area (Å²) in [6.07, 6.45) is 1.66. The van der Waals surface area contributed by atoms with Gasteiger partial charge in [-0.25, -0.2) is 0 Å². The van der Waals surface area contributed by atoms with Crippen LogP contribution in [0.4, 0.5) is 0 Å². The number of hydrogen-bond acceptors (Lipinski definition) is 3. The van der Waals surface area contributed by atoms with Gasteiger partial charge >= 0.3 is 0 Å². The van der Waals surface area contributed by atoms with Crippen molar-refractivity contribution < 1.29 is 4.52 Å². The summed E-state index contributed by atoms with van der Waals surface area (Å²) in [5.74, 6) is 0. The van der Waals surface area contributed by atoms with E-state index in [-0.39, 0.29) is 0 Å². The molecule has 1 aromatic heterocycles. The third kappa shape index (κ3) is 0.708. The summed E-state index contributed by atoms with van der Waals surface area (Å²) in [4.78, 5) is 0.902. The maximum absolute atomic E-state index is 4.90. The van der Waals surface area contributed by atoms with Gasteiger partial charge in [0.2, 0.25) is 0 Å². The summed E-state index contributed by atoms with van der Waals surface area (Å²) in [7, 11) is 0. The van der Waals surface area contributed by atoms with Gasteiger partial charge in [-0.3, -0.25) is 0 Å². The van der Waals surface area contributed by atoms with Gasteiger partial charge in [-0.2, -0.15) is 0 Å². The lowest BCUT2D eigenvalue weighted by atomic mass is 10.3. The highest BCUT2D eigenvalue weighted by molar-refractivity contribution is 7.80. The fourth-order valence-corrected chi connectivity index (χ4v) is 1.13. The van der Waals surface area contributed by atoms with Crippen molar-refractivity contribution in [2.45, 2.75) is 4.90 Å². The first-order valence-electron chi connectivity index (χ1n) is 2.90. The summed E-state index contributed by atoms with van der Waals surface area (Å²) >= 11 is 4.22. The van der Waals surface area contributed by atoms with E-state index in [1.807, 2.05) is 18.2 Å². The number of aromatic nitrogens is 1. The van der Waals surface area contributed by atoms with E-state index in [4.69, 9.17) is 4.52 Å². The van der Waals surface area contributed by atoms with Gasteiger partial charge in [0, 0.05) is 4.90 Å². The molecule has 0 spiro atoms. The largest absolute Gasteiger partial charge is 0.356 e. The van der Waals surface area contributed by atoms with Crippen molar-refractivity contribution in [3.63, 3.8) is 0 Å². The number of rotatable bonds is 0. The number of thiol groups is 1. The Labute approximate surface area is 63.2 Å². The van der Waals surface area contributed by atoms with Crippen LogP contribution in [0.15, 0.2) is 33.8 Å². The van der Waals surface area contributed by atoms with Crippen molar-refractivity contribution in [1.82, 2.24) is 5.16 Å². The van der Waals surface area contributed by atoms with Crippen LogP contribution in [-0.2, 0) is 0 Å². The molecule has 0 aliphatic rings. The lowest BCUT2D eigenvalue weighted by molar-refractivity contribution is 0.456. The van der Waals surface area contributed by atoms with Crippen LogP contribution in [-0.4, -0.2) is 5.16 Å². The first-order chi connectivity index (χ1) is 4.88. The summed E-state index contributed by atoms with van der Waals surface area (Å²) in [6.45, 7) is 0. The van der Waals surface area contributed by atoms with E-state index in [0.717, 1.165) is 15.9 Å². The molecule has 0 aliphatic carbocycles. The molecule has 0 amide bonds. The minimum Gasteiger partial charge on any atom is -0.356 e. The van der Waals surface area contributed by atoms with Crippen molar-refractivity contribution in [3.05, 3.63) is 24.4 Å². The number of nitrogens with zero attached hydrogens (tertiary/aromatic N) is 1. The van der Waals surface area contributed by atoms with Gasteiger partial charge in [0.15, 0.2) is 5.58 Å². The second-order valence-corrected chi connectivity index (χ2v) is 2.50. The highest BCUT2D eigenvalue weighted by Gasteiger charge is 1.98. The Morgan fingerprint density at radius 1 is 1.40 bits per heavy atom. The Morgan fingerprint density at radius 2 is 2.30 bits per heavy atom. The molecular formula is C7H5NOS. The Kier molecular flexibility index (Phi) is 1.17. The van der Waals surface area contributed by atoms with E-state index in [1.165, 1.54) is 0 Å². The molecule has 3 heteroatoms. The molecule has 0 N–H and O–H groups in total. The van der Waals surface area contributed by atoms with E-state index in [0.29, 0.717) is 0 Å². The van der Waals surface area contributed by atoms with Gasteiger partial charge in [-0.15, -0.1) is 12.6 Å². The molecule has 0 saturated carbocycles. The highest BCUT2D eigenvalue weighted by Crippen LogP contribution is 2.20. The third-order valence-electron chi connectivity index (χ3n) is 1.38. The summed E-state index contributed by atoms with van der Waals surface area (Å²) in [5, 5.41) is 4.60. The van der Waals surface area contributed by atoms with Crippen LogP contribution in [0, 0.1) is 0 Å². The van der Waals surface area contributed by atoms with E-state index in [2.05, 4.69) is 17.8 Å². The average molecular weight is 151 g/mol. The third-order valence-corrected chi connectivity index (χ3v) is 1.77. The molecular weight excluding hydrogens is 146 g/mol. The summed E-state index contributed by atoms with van der Waals surface area (Å²) in [6, 6.07) is 5.65. The molecule has 0 radical (unpaired) electrons. The number of hydrogen-bond donors (Lipinski definition) is 1. The molecule has 50 valence electrons. The Morgan fingerprint density at radius 3 is 3.10 bits per heavy atom. The van der Waals surface area contributed by atoms with Gasteiger partial charge < -0.3 is 4.52 Å². The second kappa shape index (κ2) is 2.02. The predicted octanol–water partition coefficient (Wildman–Crippen LogP) is 2.12. The average Bonchev–Trinajstić information content (AvgIpc) is 2.36. The zero-order valence-electron chi connectivity index (χ0n) is 5.11. The number of fused-ring (bicyclic) bond motifs is 1. The molecule has 0 aliphatic heterocycles. The van der Waals surface area contributed by atoms with Crippen molar-refractivity contribution in [1.29, 1.82) is 0 Å². The van der Waals surface area contributed by atoms with Crippen LogP contribution in [0.5, 0.6) is 0 Å². The first-order valence-corrected chi connectivity index (χ1v) is 3.35. The molecule has 1 aromatic carbocycles. The van der Waals surface area contributed by atoms with Crippen molar-refractivity contribution >= 4 is 23.6 Å². The van der Waals surface area contributed by atoms with Gasteiger partial charge in [0.1, 0.15) is 0 Å². The summed E-state index contributed by atoms with van der Waals surface area (Å²) in [5.41, 5.74) is 0.785. The van der Waals surface area contributed by atoms with E-state index < -0.39 is 0 Å². The lowest BCUT2D eigenvalue weighted by Gasteiger charge is -1.87. The first kappa shape index (κ1) is 5.80. The van der Waals surface area contributed by atoms with E-state index in [9.17, 15) is 0 Å². The van der Waals surface area contributed by atoms with Crippen LogP contribution in [0.3, 0.4) is 0 Å². The van der Waals surface area contributed by atoms with Crippen LogP contribution in [0.2, 0.25) is 0 Å². The van der Waals surface area contributed by atoms with E-state index in [1.54, 1.807) is 6.20 Å². The van der Waals surface area contributed by atoms with Crippen LogP contribution in [0.1, 0.15) is 0 Å². The summed E-state index contributed by atoms with van der Waals surface area (Å²) < 4.78 is 4.90. The minimum atomic E-state index is 0.785. The Hall–Kier alpha value is -0.960. The van der Waals surface area contributed by atoms with Crippen molar-refractivity contribution in [2.75, 3.05) is 0 Å². The SMILES string of the molecule is Sc1cccc2oncc12. The second-order valence-electron chi connectivity index (χ2n) is 2.01. The molecule has 2 nitrogen and oxygen atoms in total. The maximum atomic E-state index is 4.90. The molecule has 10 heavy (non-hydrogen) atoms. The predicted molar refractivity (Wildman–Crippen MR) is 41.3 cm³/mol. The Balaban J connectivity index is 2.95. The Bertz CT molecular complexity index is 355. The quantitative estimate of drug-likeness (QED) is 0.583. The molecule has 2 rings (SSSR count). The van der Waals surface area contributed by atoms with Gasteiger partial charge in [-0.1, -0.05) is 11.2 Å². The maximum Gasteiger partial charge on any atom is 0.167 e. The molecule has 0 bridgehead atoms. The molecule has 2 aromatic rings. The van der Waals surface area contributed by atoms with E-state index >= 15 is 0 Å². The molecule has 0 unspecified atom stereocenters. The number of benzene rings is 1. The van der Waals surface area contributed by atoms with Gasteiger partial charge in [-0.05, 0) is 12.1 Å². The van der Waals surface area contributed by atoms with Crippen molar-refractivity contribution in [3.8, 4) is 0 Å². The fraction of sp³-hybridized carbons (Fsp3) is 0. The van der Waals surface area contributed by atoms with Crippen LogP contribution in [0.25, 0.3) is 11.0 Å². The molecule has 0 fully saturated rings. The standard InChI is InChI=1S/C7H5NOS/c10-7-3-1-2-6-5(7)4-8-9-6/h1-4,10H. The highest BCUT2D eigenvalue weighted by atomic mass is 32.1. The van der Waals surface area contributed by atoms with Gasteiger partial charge in [0.25, 0.3) is 0 Å². The van der Waals surface area contributed by atoms with Crippen LogP contribution < -0.4 is 0 Å².